The predicted molar refractivity (Wildman–Crippen MR) is 64.7 cm³/mol. The normalized spacial score (nSPS) is 30.4. The molecule has 1 unspecified atom stereocenters. The summed E-state index contributed by atoms with van der Waals surface area (Å²) < 4.78 is 1.44. The Kier molecular flexibility index (Phi) is 3.68. The highest BCUT2D eigenvalue weighted by molar-refractivity contribution is 4.77. The lowest BCUT2D eigenvalue weighted by molar-refractivity contribution is -0.909. The minimum atomic E-state index is 0.896. The van der Waals surface area contributed by atoms with Crippen LogP contribution in [0.25, 0.3) is 0 Å². The van der Waals surface area contributed by atoms with E-state index in [1.807, 2.05) is 0 Å². The van der Waals surface area contributed by atoms with Crippen molar-refractivity contribution >= 4 is 0 Å². The number of hydrogen-bond acceptors (Lipinski definition) is 1. The van der Waals surface area contributed by atoms with E-state index in [0.29, 0.717) is 0 Å². The van der Waals surface area contributed by atoms with Gasteiger partial charge in [0, 0.05) is 19.4 Å². The zero-order chi connectivity index (χ0) is 10.7. The SMILES string of the molecule is CCCC1C[N+]2(CCCC2)CN1CCC. The van der Waals surface area contributed by atoms with Crippen LogP contribution in [0.1, 0.15) is 46.0 Å². The van der Waals surface area contributed by atoms with Crippen molar-refractivity contribution in [2.24, 2.45) is 0 Å². The summed E-state index contributed by atoms with van der Waals surface area (Å²) in [7, 11) is 0. The summed E-state index contributed by atoms with van der Waals surface area (Å²) >= 11 is 0. The van der Waals surface area contributed by atoms with Crippen LogP contribution in [0, 0.1) is 0 Å². The van der Waals surface area contributed by atoms with Gasteiger partial charge in [-0.3, -0.25) is 0 Å². The molecule has 0 aliphatic carbocycles. The van der Waals surface area contributed by atoms with Crippen LogP contribution in [-0.4, -0.2) is 48.3 Å². The van der Waals surface area contributed by atoms with Crippen molar-refractivity contribution < 1.29 is 4.48 Å². The Balaban J connectivity index is 1.97. The molecule has 0 saturated carbocycles. The van der Waals surface area contributed by atoms with Crippen LogP contribution >= 0.6 is 0 Å². The van der Waals surface area contributed by atoms with Crippen LogP contribution < -0.4 is 0 Å². The molecular weight excluding hydrogens is 184 g/mol. The molecule has 0 aromatic heterocycles. The van der Waals surface area contributed by atoms with Gasteiger partial charge >= 0.3 is 0 Å². The quantitative estimate of drug-likeness (QED) is 0.646. The maximum atomic E-state index is 2.77. The number of quaternary nitrogens is 1. The van der Waals surface area contributed by atoms with E-state index in [2.05, 4.69) is 18.7 Å². The Labute approximate surface area is 94.8 Å². The van der Waals surface area contributed by atoms with Gasteiger partial charge in [-0.25, -0.2) is 4.90 Å². The van der Waals surface area contributed by atoms with Gasteiger partial charge in [-0.1, -0.05) is 20.3 Å². The monoisotopic (exact) mass is 211 g/mol. The van der Waals surface area contributed by atoms with Gasteiger partial charge in [-0.05, 0) is 12.8 Å². The third kappa shape index (κ3) is 2.36. The van der Waals surface area contributed by atoms with Crippen LogP contribution in [0.4, 0.5) is 0 Å². The van der Waals surface area contributed by atoms with E-state index in [0.717, 1.165) is 6.04 Å². The summed E-state index contributed by atoms with van der Waals surface area (Å²) in [5.74, 6) is 0. The molecule has 2 aliphatic rings. The van der Waals surface area contributed by atoms with Crippen LogP contribution in [0.2, 0.25) is 0 Å². The smallest absolute Gasteiger partial charge is 0.135 e. The highest BCUT2D eigenvalue weighted by atomic mass is 15.5. The van der Waals surface area contributed by atoms with Gasteiger partial charge in [0.25, 0.3) is 0 Å². The second kappa shape index (κ2) is 4.84. The van der Waals surface area contributed by atoms with Crippen LogP contribution in [-0.2, 0) is 0 Å². The highest BCUT2D eigenvalue weighted by Gasteiger charge is 2.44. The van der Waals surface area contributed by atoms with Gasteiger partial charge in [0.2, 0.25) is 0 Å². The van der Waals surface area contributed by atoms with Crippen LogP contribution in [0.5, 0.6) is 0 Å². The number of rotatable bonds is 4. The van der Waals surface area contributed by atoms with E-state index in [1.54, 1.807) is 0 Å². The van der Waals surface area contributed by atoms with Crippen LogP contribution in [0.15, 0.2) is 0 Å². The minimum Gasteiger partial charge on any atom is -0.310 e. The van der Waals surface area contributed by atoms with Gasteiger partial charge in [0.1, 0.15) is 6.67 Å². The standard InChI is InChI=1S/C13H27N2/c1-3-7-13-11-15(9-5-6-10-15)12-14(13)8-4-2/h13H,3-12H2,1-2H3/q+1. The first-order valence-corrected chi connectivity index (χ1v) is 6.89. The molecule has 2 heterocycles. The fourth-order valence-corrected chi connectivity index (χ4v) is 3.60. The zero-order valence-corrected chi connectivity index (χ0v) is 10.5. The summed E-state index contributed by atoms with van der Waals surface area (Å²) in [6, 6.07) is 0.896. The van der Waals surface area contributed by atoms with E-state index >= 15 is 0 Å². The van der Waals surface area contributed by atoms with E-state index < -0.39 is 0 Å². The predicted octanol–water partition coefficient (Wildman–Crippen LogP) is 2.45. The van der Waals surface area contributed by atoms with Gasteiger partial charge in [-0.15, -0.1) is 0 Å². The summed E-state index contributed by atoms with van der Waals surface area (Å²) in [6.45, 7) is 11.7. The Morgan fingerprint density at radius 2 is 1.87 bits per heavy atom. The third-order valence-corrected chi connectivity index (χ3v) is 4.24. The van der Waals surface area contributed by atoms with E-state index in [4.69, 9.17) is 0 Å². The van der Waals surface area contributed by atoms with Gasteiger partial charge in [-0.2, -0.15) is 0 Å². The Morgan fingerprint density at radius 3 is 2.47 bits per heavy atom. The third-order valence-electron chi connectivity index (χ3n) is 4.24. The van der Waals surface area contributed by atoms with Gasteiger partial charge < -0.3 is 4.48 Å². The van der Waals surface area contributed by atoms with E-state index in [9.17, 15) is 0 Å². The first kappa shape index (κ1) is 11.4. The molecule has 2 rings (SSSR count). The Morgan fingerprint density at radius 1 is 1.13 bits per heavy atom. The molecule has 2 heteroatoms. The zero-order valence-electron chi connectivity index (χ0n) is 10.5. The van der Waals surface area contributed by atoms with Crippen molar-refractivity contribution in [1.29, 1.82) is 0 Å². The average molecular weight is 211 g/mol. The summed E-state index contributed by atoms with van der Waals surface area (Å²) in [5.41, 5.74) is 0. The molecule has 1 atom stereocenters. The van der Waals surface area contributed by atoms with Gasteiger partial charge in [0.15, 0.2) is 0 Å². The summed E-state index contributed by atoms with van der Waals surface area (Å²) in [4.78, 5) is 2.77. The molecule has 0 aromatic rings. The molecule has 0 amide bonds. The molecule has 2 fully saturated rings. The molecular formula is C13H27N2+. The van der Waals surface area contributed by atoms with Gasteiger partial charge in [0.05, 0.1) is 25.7 Å². The largest absolute Gasteiger partial charge is 0.310 e. The fourth-order valence-electron chi connectivity index (χ4n) is 3.60. The molecule has 2 saturated heterocycles. The topological polar surface area (TPSA) is 3.24 Å². The average Bonchev–Trinajstić information content (AvgIpc) is 2.78. The van der Waals surface area contributed by atoms with E-state index in [1.165, 1.54) is 69.4 Å². The summed E-state index contributed by atoms with van der Waals surface area (Å²) in [6.07, 6.45) is 7.03. The number of hydrogen-bond donors (Lipinski definition) is 0. The molecule has 15 heavy (non-hydrogen) atoms. The maximum Gasteiger partial charge on any atom is 0.135 e. The second-order valence-corrected chi connectivity index (χ2v) is 5.57. The first-order chi connectivity index (χ1) is 7.29. The lowest BCUT2D eigenvalue weighted by atomic mass is 10.1. The maximum absolute atomic E-state index is 2.77. The molecule has 0 aromatic carbocycles. The molecule has 2 aliphatic heterocycles. The van der Waals surface area contributed by atoms with Crippen molar-refractivity contribution in [3.05, 3.63) is 0 Å². The molecule has 0 radical (unpaired) electrons. The molecule has 0 N–H and O–H groups in total. The highest BCUT2D eigenvalue weighted by Crippen LogP contribution is 2.29. The lowest BCUT2D eigenvalue weighted by Gasteiger charge is -2.28. The van der Waals surface area contributed by atoms with Crippen molar-refractivity contribution in [2.45, 2.75) is 52.0 Å². The Hall–Kier alpha value is -0.0800. The summed E-state index contributed by atoms with van der Waals surface area (Å²) in [5, 5.41) is 0. The molecule has 2 nitrogen and oxygen atoms in total. The fraction of sp³-hybridized carbons (Fsp3) is 1.00. The molecule has 0 bridgehead atoms. The van der Waals surface area contributed by atoms with E-state index in [-0.39, 0.29) is 0 Å². The van der Waals surface area contributed by atoms with Crippen molar-refractivity contribution in [3.8, 4) is 0 Å². The second-order valence-electron chi connectivity index (χ2n) is 5.57. The molecule has 88 valence electrons. The first-order valence-electron chi connectivity index (χ1n) is 6.89. The minimum absolute atomic E-state index is 0.896. The Bertz CT molecular complexity index is 181. The van der Waals surface area contributed by atoms with Crippen molar-refractivity contribution in [1.82, 2.24) is 4.90 Å². The van der Waals surface area contributed by atoms with Crippen molar-refractivity contribution in [3.63, 3.8) is 0 Å². The van der Waals surface area contributed by atoms with Crippen LogP contribution in [0.3, 0.4) is 0 Å². The van der Waals surface area contributed by atoms with Crippen molar-refractivity contribution in [2.75, 3.05) is 32.8 Å². The molecule has 1 spiro atoms. The lowest BCUT2D eigenvalue weighted by Crippen LogP contribution is -2.44. The number of nitrogens with zero attached hydrogens (tertiary/aromatic N) is 2.